The largest absolute Gasteiger partial charge is 0.506 e. The molecule has 0 saturated carbocycles. The molecule has 180 valence electrons. The summed E-state index contributed by atoms with van der Waals surface area (Å²) in [5.41, 5.74) is 9.00. The van der Waals surface area contributed by atoms with Gasteiger partial charge in [-0.05, 0) is 54.5 Å². The molecular formula is C32H35NO2. The molecular weight excluding hydrogens is 430 g/mol. The van der Waals surface area contributed by atoms with Gasteiger partial charge in [0, 0.05) is 30.0 Å². The molecule has 0 bridgehead atoms. The molecule has 35 heavy (non-hydrogen) atoms. The molecule has 0 atom stereocenters. The minimum Gasteiger partial charge on any atom is -0.506 e. The molecule has 0 unspecified atom stereocenters. The Hall–Kier alpha value is -3.59. The maximum absolute atomic E-state index is 11.8. The fourth-order valence-corrected chi connectivity index (χ4v) is 4.85. The molecule has 1 heterocycles. The van der Waals surface area contributed by atoms with Crippen molar-refractivity contribution in [2.45, 2.75) is 52.9 Å². The van der Waals surface area contributed by atoms with Crippen molar-refractivity contribution < 1.29 is 9.84 Å². The van der Waals surface area contributed by atoms with Crippen molar-refractivity contribution in [3.8, 4) is 33.8 Å². The van der Waals surface area contributed by atoms with Crippen molar-refractivity contribution in [2.24, 2.45) is 4.99 Å². The highest BCUT2D eigenvalue weighted by Gasteiger charge is 2.28. The van der Waals surface area contributed by atoms with E-state index in [4.69, 9.17) is 4.74 Å². The second-order valence-corrected chi connectivity index (χ2v) is 9.20. The number of nitrogens with zero attached hydrogens (tertiary/aromatic N) is 1. The van der Waals surface area contributed by atoms with Crippen LogP contribution in [0.3, 0.4) is 0 Å². The number of fused-ring (bicyclic) bond motifs is 3. The summed E-state index contributed by atoms with van der Waals surface area (Å²) in [5, 5.41) is 11.8. The summed E-state index contributed by atoms with van der Waals surface area (Å²) in [7, 11) is 1.79. The molecule has 0 spiro atoms. The lowest BCUT2D eigenvalue weighted by Gasteiger charge is -2.26. The van der Waals surface area contributed by atoms with Crippen LogP contribution in [0.2, 0.25) is 0 Å². The van der Waals surface area contributed by atoms with Gasteiger partial charge in [-0.2, -0.15) is 0 Å². The standard InChI is InChI=1S/C32H35NO2/c1-6-8-9-11-25-19-29-31(28-18-21(3)12-17-27(28)22(4)35-29)32(34)30(25)24-15-13-23(14-16-24)26(10-7-2)20-33-5/h10,12-20,34H,4,6-9,11H2,1-3,5H3/b26-10+,33-20?. The summed E-state index contributed by atoms with van der Waals surface area (Å²) < 4.78 is 6.14. The fraction of sp³-hybridized carbons (Fsp3) is 0.281. The van der Waals surface area contributed by atoms with E-state index in [-0.39, 0.29) is 5.75 Å². The van der Waals surface area contributed by atoms with Crippen LogP contribution in [-0.4, -0.2) is 18.4 Å². The number of phenolic OH excluding ortho intramolecular Hbond substituents is 1. The third kappa shape index (κ3) is 4.95. The lowest BCUT2D eigenvalue weighted by molar-refractivity contribution is 0.465. The average molecular weight is 466 g/mol. The Bertz CT molecular complexity index is 1300. The van der Waals surface area contributed by atoms with Gasteiger partial charge in [0.15, 0.2) is 0 Å². The van der Waals surface area contributed by atoms with Gasteiger partial charge in [-0.1, -0.05) is 87.4 Å². The number of hydrogen-bond donors (Lipinski definition) is 1. The predicted octanol–water partition coefficient (Wildman–Crippen LogP) is 8.62. The van der Waals surface area contributed by atoms with E-state index in [1.54, 1.807) is 7.05 Å². The van der Waals surface area contributed by atoms with Crippen molar-refractivity contribution in [2.75, 3.05) is 7.05 Å². The van der Waals surface area contributed by atoms with Gasteiger partial charge in [0.05, 0.1) is 5.56 Å². The van der Waals surface area contributed by atoms with Crippen LogP contribution in [0.15, 0.2) is 66.2 Å². The lowest BCUT2D eigenvalue weighted by Crippen LogP contribution is -2.06. The number of aromatic hydroxyl groups is 1. The highest BCUT2D eigenvalue weighted by molar-refractivity contribution is 6.09. The molecule has 0 saturated heterocycles. The number of allylic oxidation sites excluding steroid dienone is 2. The molecule has 1 aliphatic rings. The van der Waals surface area contributed by atoms with E-state index < -0.39 is 0 Å². The zero-order valence-corrected chi connectivity index (χ0v) is 21.3. The summed E-state index contributed by atoms with van der Waals surface area (Å²) in [5.74, 6) is 1.58. The van der Waals surface area contributed by atoms with Gasteiger partial charge in [-0.3, -0.25) is 4.99 Å². The Balaban J connectivity index is 1.88. The first-order chi connectivity index (χ1) is 17.0. The molecule has 0 radical (unpaired) electrons. The molecule has 0 amide bonds. The molecule has 3 nitrogen and oxygen atoms in total. The lowest BCUT2D eigenvalue weighted by atomic mass is 9.86. The Morgan fingerprint density at radius 2 is 1.77 bits per heavy atom. The van der Waals surface area contributed by atoms with E-state index in [1.807, 2.05) is 12.3 Å². The number of aliphatic imine (C=N–C) groups is 1. The van der Waals surface area contributed by atoms with Gasteiger partial charge in [-0.25, -0.2) is 0 Å². The average Bonchev–Trinajstić information content (AvgIpc) is 2.84. The fourth-order valence-electron chi connectivity index (χ4n) is 4.85. The molecule has 3 aromatic rings. The zero-order chi connectivity index (χ0) is 24.9. The first-order valence-electron chi connectivity index (χ1n) is 12.6. The molecule has 0 fully saturated rings. The highest BCUT2D eigenvalue weighted by Crippen LogP contribution is 2.51. The SMILES string of the molecule is C=C1Oc2cc(CCCCC)c(-c3ccc(/C(C=NC)=C/CC)cc3)c(O)c2-c2cc(C)ccc21. The van der Waals surface area contributed by atoms with Crippen LogP contribution in [-0.2, 0) is 6.42 Å². The van der Waals surface area contributed by atoms with Crippen LogP contribution in [0.1, 0.15) is 61.8 Å². The van der Waals surface area contributed by atoms with Gasteiger partial charge in [0.2, 0.25) is 0 Å². The van der Waals surface area contributed by atoms with E-state index in [0.717, 1.165) is 82.2 Å². The minimum absolute atomic E-state index is 0.278. The first-order valence-corrected chi connectivity index (χ1v) is 12.6. The molecule has 1 aliphatic heterocycles. The quantitative estimate of drug-likeness (QED) is 0.267. The smallest absolute Gasteiger partial charge is 0.139 e. The van der Waals surface area contributed by atoms with Gasteiger partial charge in [0.1, 0.15) is 17.3 Å². The summed E-state index contributed by atoms with van der Waals surface area (Å²) in [6.07, 6.45) is 9.26. The Morgan fingerprint density at radius 1 is 1.00 bits per heavy atom. The van der Waals surface area contributed by atoms with Crippen LogP contribution in [0.25, 0.3) is 33.6 Å². The van der Waals surface area contributed by atoms with Gasteiger partial charge in [0.25, 0.3) is 0 Å². The van der Waals surface area contributed by atoms with Crippen molar-refractivity contribution >= 4 is 17.5 Å². The zero-order valence-electron chi connectivity index (χ0n) is 21.3. The normalized spacial score (nSPS) is 13.0. The minimum atomic E-state index is 0.278. The Kier molecular flexibility index (Phi) is 7.55. The number of rotatable bonds is 8. The Labute approximate surface area is 209 Å². The van der Waals surface area contributed by atoms with E-state index in [9.17, 15) is 5.11 Å². The third-order valence-electron chi connectivity index (χ3n) is 6.57. The monoisotopic (exact) mass is 465 g/mol. The second-order valence-electron chi connectivity index (χ2n) is 9.20. The number of phenols is 1. The van der Waals surface area contributed by atoms with E-state index >= 15 is 0 Å². The molecule has 3 aromatic carbocycles. The number of aryl methyl sites for hydroxylation is 2. The molecule has 4 rings (SSSR count). The van der Waals surface area contributed by atoms with Crippen LogP contribution < -0.4 is 4.74 Å². The summed E-state index contributed by atoms with van der Waals surface area (Å²) >= 11 is 0. The van der Waals surface area contributed by atoms with Crippen LogP contribution in [0, 0.1) is 6.92 Å². The third-order valence-corrected chi connectivity index (χ3v) is 6.57. The van der Waals surface area contributed by atoms with Crippen LogP contribution in [0.5, 0.6) is 11.5 Å². The van der Waals surface area contributed by atoms with Gasteiger partial charge >= 0.3 is 0 Å². The van der Waals surface area contributed by atoms with Gasteiger partial charge in [-0.15, -0.1) is 0 Å². The van der Waals surface area contributed by atoms with Crippen molar-refractivity contribution in [3.05, 3.63) is 83.4 Å². The van der Waals surface area contributed by atoms with Crippen LogP contribution >= 0.6 is 0 Å². The topological polar surface area (TPSA) is 41.8 Å². The molecule has 1 N–H and O–H groups in total. The molecule has 3 heteroatoms. The maximum Gasteiger partial charge on any atom is 0.139 e. The summed E-state index contributed by atoms with van der Waals surface area (Å²) in [6, 6.07) is 16.7. The Morgan fingerprint density at radius 3 is 2.46 bits per heavy atom. The summed E-state index contributed by atoms with van der Waals surface area (Å²) in [6.45, 7) is 10.5. The van der Waals surface area contributed by atoms with E-state index in [0.29, 0.717) is 11.5 Å². The highest BCUT2D eigenvalue weighted by atomic mass is 16.5. The van der Waals surface area contributed by atoms with Crippen molar-refractivity contribution in [1.29, 1.82) is 0 Å². The van der Waals surface area contributed by atoms with Crippen molar-refractivity contribution in [1.82, 2.24) is 0 Å². The molecule has 0 aromatic heterocycles. The predicted molar refractivity (Wildman–Crippen MR) is 149 cm³/mol. The number of hydrogen-bond acceptors (Lipinski definition) is 3. The van der Waals surface area contributed by atoms with Crippen LogP contribution in [0.4, 0.5) is 0 Å². The number of benzene rings is 3. The van der Waals surface area contributed by atoms with Gasteiger partial charge < -0.3 is 9.84 Å². The molecule has 0 aliphatic carbocycles. The second kappa shape index (κ2) is 10.8. The van der Waals surface area contributed by atoms with E-state index in [2.05, 4.69) is 80.9 Å². The number of ether oxygens (including phenoxy) is 1. The first kappa shape index (κ1) is 24.5. The van der Waals surface area contributed by atoms with E-state index in [1.165, 1.54) is 0 Å². The number of unbranched alkanes of at least 4 members (excludes halogenated alkanes) is 2. The van der Waals surface area contributed by atoms with Crippen molar-refractivity contribution in [3.63, 3.8) is 0 Å². The maximum atomic E-state index is 11.8. The summed E-state index contributed by atoms with van der Waals surface area (Å²) in [4.78, 5) is 4.21.